The van der Waals surface area contributed by atoms with Gasteiger partial charge in [-0.25, -0.2) is 23.9 Å². The van der Waals surface area contributed by atoms with Crippen molar-refractivity contribution in [3.8, 4) is 22.8 Å². The molecule has 0 saturated carbocycles. The number of carbonyl (C=O) groups excluding carboxylic acids is 2. The second-order valence-corrected chi connectivity index (χ2v) is 9.77. The quantitative estimate of drug-likeness (QED) is 0.314. The molecule has 5 rings (SSSR count). The van der Waals surface area contributed by atoms with Crippen LogP contribution in [0.2, 0.25) is 0 Å². The number of hydrogen-bond donors (Lipinski definition) is 2. The highest BCUT2D eigenvalue weighted by atomic mass is 19.2. The Bertz CT molecular complexity index is 1590. The van der Waals surface area contributed by atoms with Gasteiger partial charge in [-0.2, -0.15) is 5.10 Å². The number of hydrogen-bond acceptors (Lipinski definition) is 7. The lowest BCUT2D eigenvalue weighted by atomic mass is 9.90. The lowest BCUT2D eigenvalue weighted by Crippen LogP contribution is -2.19. The Morgan fingerprint density at radius 2 is 1.93 bits per heavy atom. The van der Waals surface area contributed by atoms with E-state index in [4.69, 9.17) is 14.7 Å². The van der Waals surface area contributed by atoms with Crippen molar-refractivity contribution in [2.24, 2.45) is 5.92 Å². The van der Waals surface area contributed by atoms with Gasteiger partial charge in [0.25, 0.3) is 5.91 Å². The molecule has 2 aromatic heterocycles. The number of aromatic nitrogens is 3. The molecule has 4 aromatic rings. The molecule has 1 aliphatic rings. The SMILES string of the molecule is CNC(=O)c1cc(-c2nn(-c3ccccc3)c(CC(=O)C[C@@H]3CNO[C@H]3c3ccc(F)c(F)c3)c2C)cnc1OC. The predicted molar refractivity (Wildman–Crippen MR) is 146 cm³/mol. The molecule has 11 heteroatoms. The van der Waals surface area contributed by atoms with Crippen LogP contribution in [0.15, 0.2) is 60.8 Å². The Morgan fingerprint density at radius 1 is 1.15 bits per heavy atom. The Morgan fingerprint density at radius 3 is 2.63 bits per heavy atom. The van der Waals surface area contributed by atoms with Crippen LogP contribution in [0.4, 0.5) is 8.78 Å². The maximum absolute atomic E-state index is 13.9. The van der Waals surface area contributed by atoms with Gasteiger partial charge in [0.1, 0.15) is 17.5 Å². The number of pyridine rings is 1. The largest absolute Gasteiger partial charge is 0.480 e. The summed E-state index contributed by atoms with van der Waals surface area (Å²) in [5.41, 5.74) is 6.89. The van der Waals surface area contributed by atoms with Gasteiger partial charge in [-0.05, 0) is 48.4 Å². The number of methoxy groups -OCH3 is 1. The molecule has 1 aliphatic heterocycles. The second kappa shape index (κ2) is 11.9. The normalized spacial score (nSPS) is 16.5. The smallest absolute Gasteiger partial charge is 0.256 e. The third kappa shape index (κ3) is 5.72. The number of amides is 1. The standard InChI is InChI=1S/C30H29F2N5O4/c1-17-26(14-22(38)11-20-16-35-41-28(20)18-9-10-24(31)25(32)13-18)37(21-7-5-4-6-8-21)36-27(17)19-12-23(29(39)33-2)30(40-3)34-15-19/h4-10,12-13,15,20,28,35H,11,14,16H2,1-3H3,(H,33,39)/t20-,28+/m1/s1. The molecule has 212 valence electrons. The summed E-state index contributed by atoms with van der Waals surface area (Å²) in [6.07, 6.45) is 1.20. The van der Waals surface area contributed by atoms with Crippen LogP contribution in [0.1, 0.15) is 39.7 Å². The fourth-order valence-corrected chi connectivity index (χ4v) is 5.05. The van der Waals surface area contributed by atoms with Gasteiger partial charge in [0.2, 0.25) is 5.88 Å². The van der Waals surface area contributed by atoms with E-state index < -0.39 is 17.7 Å². The molecular weight excluding hydrogens is 532 g/mol. The molecule has 1 fully saturated rings. The molecule has 0 unspecified atom stereocenters. The average molecular weight is 562 g/mol. The monoisotopic (exact) mass is 561 g/mol. The molecule has 41 heavy (non-hydrogen) atoms. The molecule has 0 bridgehead atoms. The van der Waals surface area contributed by atoms with E-state index in [1.165, 1.54) is 20.2 Å². The maximum Gasteiger partial charge on any atom is 0.256 e. The number of benzene rings is 2. The number of Topliss-reactive ketones (excluding diaryl/α,β-unsaturated/α-hetero) is 1. The number of nitrogens with one attached hydrogen (secondary N) is 2. The summed E-state index contributed by atoms with van der Waals surface area (Å²) >= 11 is 0. The van der Waals surface area contributed by atoms with E-state index in [1.807, 2.05) is 37.3 Å². The van der Waals surface area contributed by atoms with Gasteiger partial charge in [-0.3, -0.25) is 14.4 Å². The van der Waals surface area contributed by atoms with Crippen molar-refractivity contribution in [3.63, 3.8) is 0 Å². The molecule has 2 N–H and O–H groups in total. The summed E-state index contributed by atoms with van der Waals surface area (Å²) in [5.74, 6) is -2.42. The highest BCUT2D eigenvalue weighted by Crippen LogP contribution is 2.34. The first-order chi connectivity index (χ1) is 19.8. The van der Waals surface area contributed by atoms with Crippen LogP contribution in [-0.2, 0) is 16.1 Å². The van der Waals surface area contributed by atoms with Crippen molar-refractivity contribution in [3.05, 3.63) is 94.8 Å². The predicted octanol–water partition coefficient (Wildman–Crippen LogP) is 4.28. The first-order valence-corrected chi connectivity index (χ1v) is 13.1. The van der Waals surface area contributed by atoms with Crippen LogP contribution in [0, 0.1) is 24.5 Å². The topological polar surface area (TPSA) is 107 Å². The first kappa shape index (κ1) is 28.1. The highest BCUT2D eigenvalue weighted by molar-refractivity contribution is 5.97. The van der Waals surface area contributed by atoms with Crippen LogP contribution in [0.25, 0.3) is 16.9 Å². The summed E-state index contributed by atoms with van der Waals surface area (Å²) in [6.45, 7) is 2.26. The summed E-state index contributed by atoms with van der Waals surface area (Å²) in [7, 11) is 2.96. The van der Waals surface area contributed by atoms with E-state index in [2.05, 4.69) is 15.8 Å². The Kier molecular flexibility index (Phi) is 8.18. The van der Waals surface area contributed by atoms with Gasteiger partial charge in [0.15, 0.2) is 11.6 Å². The summed E-state index contributed by atoms with van der Waals surface area (Å²) in [5, 5.41) is 7.42. The van der Waals surface area contributed by atoms with Crippen molar-refractivity contribution < 1.29 is 27.9 Å². The van der Waals surface area contributed by atoms with Gasteiger partial charge in [0.05, 0.1) is 24.2 Å². The average Bonchev–Trinajstić information content (AvgIpc) is 3.58. The lowest BCUT2D eigenvalue weighted by Gasteiger charge is -2.17. The van der Waals surface area contributed by atoms with Crippen LogP contribution in [-0.4, -0.2) is 47.2 Å². The summed E-state index contributed by atoms with van der Waals surface area (Å²) in [4.78, 5) is 35.8. The number of para-hydroxylation sites is 1. The van der Waals surface area contributed by atoms with Crippen molar-refractivity contribution in [2.75, 3.05) is 20.7 Å². The molecule has 0 aliphatic carbocycles. The fourth-order valence-electron chi connectivity index (χ4n) is 5.05. The Hall–Kier alpha value is -4.48. The molecule has 3 heterocycles. The number of ketones is 1. The zero-order chi connectivity index (χ0) is 29.1. The highest BCUT2D eigenvalue weighted by Gasteiger charge is 2.33. The van der Waals surface area contributed by atoms with E-state index in [1.54, 1.807) is 16.9 Å². The van der Waals surface area contributed by atoms with Crippen LogP contribution < -0.4 is 15.5 Å². The molecule has 2 atom stereocenters. The van der Waals surface area contributed by atoms with Crippen LogP contribution in [0.5, 0.6) is 5.88 Å². The van der Waals surface area contributed by atoms with Crippen LogP contribution >= 0.6 is 0 Å². The molecule has 1 saturated heterocycles. The van der Waals surface area contributed by atoms with E-state index in [-0.39, 0.29) is 41.9 Å². The van der Waals surface area contributed by atoms with Crippen molar-refractivity contribution in [1.29, 1.82) is 0 Å². The second-order valence-electron chi connectivity index (χ2n) is 9.77. The van der Waals surface area contributed by atoms with E-state index >= 15 is 0 Å². The molecule has 1 amide bonds. The molecule has 9 nitrogen and oxygen atoms in total. The summed E-state index contributed by atoms with van der Waals surface area (Å²) in [6, 6.07) is 14.7. The van der Waals surface area contributed by atoms with E-state index in [0.717, 1.165) is 23.4 Å². The van der Waals surface area contributed by atoms with Gasteiger partial charge < -0.3 is 10.1 Å². The molecule has 2 aromatic carbocycles. The number of ether oxygens (including phenoxy) is 1. The van der Waals surface area contributed by atoms with Crippen LogP contribution in [0.3, 0.4) is 0 Å². The minimum absolute atomic E-state index is 0.0690. The number of nitrogens with zero attached hydrogens (tertiary/aromatic N) is 3. The Balaban J connectivity index is 1.46. The molecule has 0 radical (unpaired) electrons. The first-order valence-electron chi connectivity index (χ1n) is 13.1. The van der Waals surface area contributed by atoms with Crippen molar-refractivity contribution >= 4 is 11.7 Å². The zero-order valence-corrected chi connectivity index (χ0v) is 22.8. The minimum atomic E-state index is -0.967. The summed E-state index contributed by atoms with van der Waals surface area (Å²) < 4.78 is 34.3. The van der Waals surface area contributed by atoms with E-state index in [9.17, 15) is 18.4 Å². The number of carbonyl (C=O) groups is 2. The van der Waals surface area contributed by atoms with Crippen molar-refractivity contribution in [1.82, 2.24) is 25.6 Å². The third-order valence-electron chi connectivity index (χ3n) is 7.14. The van der Waals surface area contributed by atoms with Gasteiger partial charge in [-0.1, -0.05) is 24.3 Å². The van der Waals surface area contributed by atoms with Gasteiger partial charge in [0, 0.05) is 44.1 Å². The maximum atomic E-state index is 13.9. The molecule has 0 spiro atoms. The minimum Gasteiger partial charge on any atom is -0.480 e. The van der Waals surface area contributed by atoms with E-state index in [0.29, 0.717) is 29.1 Å². The number of rotatable bonds is 9. The number of halogens is 2. The Labute approximate surface area is 235 Å². The van der Waals surface area contributed by atoms with Gasteiger partial charge in [-0.15, -0.1) is 0 Å². The number of hydroxylamine groups is 1. The van der Waals surface area contributed by atoms with Gasteiger partial charge >= 0.3 is 0 Å². The fraction of sp³-hybridized carbons (Fsp3) is 0.267. The van der Waals surface area contributed by atoms with Crippen molar-refractivity contribution in [2.45, 2.75) is 25.9 Å². The third-order valence-corrected chi connectivity index (χ3v) is 7.14. The lowest BCUT2D eigenvalue weighted by molar-refractivity contribution is -0.119. The zero-order valence-electron chi connectivity index (χ0n) is 22.8. The molecular formula is C30H29F2N5O4.